The molecule has 1 amide bonds. The van der Waals surface area contributed by atoms with Gasteiger partial charge in [-0.05, 0) is 18.2 Å². The number of aliphatic imine (C=N–C) groups is 1. The van der Waals surface area contributed by atoms with Gasteiger partial charge in [-0.15, -0.1) is 13.2 Å². The Bertz CT molecular complexity index is 743. The number of halogens is 3. The lowest BCUT2D eigenvalue weighted by Crippen LogP contribution is -2.48. The molecule has 0 saturated carbocycles. The number of carbonyl (C=O) groups is 1. The molecular weight excluding hydrogens is 375 g/mol. The van der Waals surface area contributed by atoms with Gasteiger partial charge in [0.05, 0.1) is 6.61 Å². The SMILES string of the molecule is Nc1ccc(OC(F)(F)F)c(C23CCOCC2CSC(NC(=O)O)=N3)c1. The number of alkyl halides is 3. The van der Waals surface area contributed by atoms with Crippen molar-refractivity contribution in [1.82, 2.24) is 5.32 Å². The van der Waals surface area contributed by atoms with E-state index in [0.29, 0.717) is 5.75 Å². The van der Waals surface area contributed by atoms with Crippen molar-refractivity contribution >= 4 is 28.7 Å². The normalized spacial score (nSPS) is 25.8. The number of thioether (sulfide) groups is 1. The molecule has 2 aliphatic rings. The lowest BCUT2D eigenvalue weighted by Gasteiger charge is -2.44. The molecule has 1 saturated heterocycles. The van der Waals surface area contributed by atoms with E-state index in [1.165, 1.54) is 23.9 Å². The minimum atomic E-state index is -4.88. The molecule has 3 rings (SSSR count). The van der Waals surface area contributed by atoms with Crippen molar-refractivity contribution < 1.29 is 32.5 Å². The molecule has 0 spiro atoms. The highest BCUT2D eigenvalue weighted by Crippen LogP contribution is 2.49. The van der Waals surface area contributed by atoms with Gasteiger partial charge in [0.1, 0.15) is 11.3 Å². The van der Waals surface area contributed by atoms with E-state index in [4.69, 9.17) is 15.6 Å². The topological polar surface area (TPSA) is 106 Å². The summed E-state index contributed by atoms with van der Waals surface area (Å²) >= 11 is 1.18. The number of carboxylic acid groups (broad SMARTS) is 1. The Labute approximate surface area is 150 Å². The first kappa shape index (κ1) is 18.6. The molecule has 11 heteroatoms. The predicted octanol–water partition coefficient (Wildman–Crippen LogP) is 2.77. The molecule has 26 heavy (non-hydrogen) atoms. The van der Waals surface area contributed by atoms with Gasteiger partial charge in [0, 0.05) is 35.9 Å². The summed E-state index contributed by atoms with van der Waals surface area (Å²) in [6.45, 7) is 0.558. The number of nitrogens with two attached hydrogens (primary N) is 1. The number of nitrogens with zero attached hydrogens (tertiary/aromatic N) is 1. The van der Waals surface area contributed by atoms with Crippen LogP contribution < -0.4 is 15.8 Å². The van der Waals surface area contributed by atoms with Gasteiger partial charge in [0.15, 0.2) is 5.17 Å². The van der Waals surface area contributed by atoms with Crippen LogP contribution in [0.1, 0.15) is 12.0 Å². The van der Waals surface area contributed by atoms with Gasteiger partial charge in [0.2, 0.25) is 0 Å². The van der Waals surface area contributed by atoms with Crippen molar-refractivity contribution in [1.29, 1.82) is 0 Å². The van der Waals surface area contributed by atoms with E-state index in [1.54, 1.807) is 0 Å². The van der Waals surface area contributed by atoms with Gasteiger partial charge in [-0.3, -0.25) is 10.3 Å². The summed E-state index contributed by atoms with van der Waals surface area (Å²) in [5, 5.41) is 11.3. The van der Waals surface area contributed by atoms with Crippen LogP contribution in [-0.2, 0) is 10.3 Å². The maximum atomic E-state index is 12.9. The van der Waals surface area contributed by atoms with Crippen LogP contribution in [0.4, 0.5) is 23.7 Å². The number of ether oxygens (including phenoxy) is 2. The van der Waals surface area contributed by atoms with Crippen LogP contribution in [0, 0.1) is 5.92 Å². The van der Waals surface area contributed by atoms with E-state index in [0.717, 1.165) is 6.07 Å². The average molecular weight is 391 g/mol. The first-order valence-corrected chi connectivity index (χ1v) is 8.64. The summed E-state index contributed by atoms with van der Waals surface area (Å²) in [5.74, 6) is -0.221. The standard InChI is InChI=1S/C15H16F3N3O4S/c16-15(17,18)25-11-2-1-9(19)5-10(11)14-3-4-24-6-8(14)7-26-12(21-14)20-13(22)23/h1-2,5,8H,3-4,6-7,19H2,(H,20,21)(H,22,23). The van der Waals surface area contributed by atoms with Crippen molar-refractivity contribution in [2.75, 3.05) is 24.7 Å². The molecule has 7 nitrogen and oxygen atoms in total. The molecule has 1 aromatic rings. The molecule has 2 aliphatic heterocycles. The monoisotopic (exact) mass is 391 g/mol. The predicted molar refractivity (Wildman–Crippen MR) is 89.2 cm³/mol. The molecule has 2 heterocycles. The van der Waals surface area contributed by atoms with E-state index >= 15 is 0 Å². The highest BCUT2D eigenvalue weighted by atomic mass is 32.2. The summed E-state index contributed by atoms with van der Waals surface area (Å²) in [4.78, 5) is 15.4. The molecule has 4 N–H and O–H groups in total. The van der Waals surface area contributed by atoms with Gasteiger partial charge >= 0.3 is 12.5 Å². The molecule has 1 aromatic carbocycles. The van der Waals surface area contributed by atoms with Crippen LogP contribution in [0.15, 0.2) is 23.2 Å². The molecule has 0 bridgehead atoms. The third-order valence-corrected chi connectivity index (χ3v) is 5.29. The van der Waals surface area contributed by atoms with Gasteiger partial charge in [-0.1, -0.05) is 11.8 Å². The summed E-state index contributed by atoms with van der Waals surface area (Å²) in [7, 11) is 0. The number of benzene rings is 1. The number of nitrogens with one attached hydrogen (secondary N) is 1. The molecule has 0 aromatic heterocycles. The molecule has 2 atom stereocenters. The smallest absolute Gasteiger partial charge is 0.465 e. The Balaban J connectivity index is 2.13. The second-order valence-corrected chi connectivity index (χ2v) is 6.92. The largest absolute Gasteiger partial charge is 0.573 e. The second kappa shape index (κ2) is 6.88. The number of anilines is 1. The zero-order valence-corrected chi connectivity index (χ0v) is 14.2. The highest BCUT2D eigenvalue weighted by Gasteiger charge is 2.48. The number of rotatable bonds is 2. The maximum absolute atomic E-state index is 12.9. The quantitative estimate of drug-likeness (QED) is 0.670. The zero-order chi connectivity index (χ0) is 18.9. The average Bonchev–Trinajstić information content (AvgIpc) is 2.54. The Hall–Kier alpha value is -2.14. The third kappa shape index (κ3) is 3.83. The van der Waals surface area contributed by atoms with Crippen molar-refractivity contribution in [2.45, 2.75) is 18.3 Å². The Morgan fingerprint density at radius 1 is 1.50 bits per heavy atom. The third-order valence-electron chi connectivity index (χ3n) is 4.25. The van der Waals surface area contributed by atoms with Crippen molar-refractivity contribution in [3.63, 3.8) is 0 Å². The summed E-state index contributed by atoms with van der Waals surface area (Å²) in [6, 6.07) is 3.87. The van der Waals surface area contributed by atoms with Gasteiger partial charge < -0.3 is 20.3 Å². The summed E-state index contributed by atoms with van der Waals surface area (Å²) in [6.07, 6.45) is -5.89. The highest BCUT2D eigenvalue weighted by molar-refractivity contribution is 8.13. The van der Waals surface area contributed by atoms with E-state index < -0.39 is 23.7 Å². The van der Waals surface area contributed by atoms with Crippen LogP contribution >= 0.6 is 11.8 Å². The molecule has 1 fully saturated rings. The fraction of sp³-hybridized carbons (Fsp3) is 0.467. The number of nitrogen functional groups attached to an aromatic ring is 1. The van der Waals surface area contributed by atoms with Crippen LogP contribution in [0.25, 0.3) is 0 Å². The van der Waals surface area contributed by atoms with Crippen molar-refractivity contribution in [3.05, 3.63) is 23.8 Å². The van der Waals surface area contributed by atoms with Crippen molar-refractivity contribution in [3.8, 4) is 5.75 Å². The van der Waals surface area contributed by atoms with E-state index in [-0.39, 0.29) is 42.0 Å². The van der Waals surface area contributed by atoms with Crippen molar-refractivity contribution in [2.24, 2.45) is 10.9 Å². The second-order valence-electron chi connectivity index (χ2n) is 5.91. The number of hydrogen-bond acceptors (Lipinski definition) is 6. The first-order valence-electron chi connectivity index (χ1n) is 7.66. The Morgan fingerprint density at radius 2 is 2.27 bits per heavy atom. The fourth-order valence-electron chi connectivity index (χ4n) is 3.19. The zero-order valence-electron chi connectivity index (χ0n) is 13.4. The summed E-state index contributed by atoms with van der Waals surface area (Å²) in [5.41, 5.74) is 5.12. The number of amides is 1. The maximum Gasteiger partial charge on any atom is 0.573 e. The lowest BCUT2D eigenvalue weighted by atomic mass is 9.75. The molecule has 142 valence electrons. The summed E-state index contributed by atoms with van der Waals surface area (Å²) < 4.78 is 48.2. The Kier molecular flexibility index (Phi) is 4.93. The van der Waals surface area contributed by atoms with Crippen LogP contribution in [0.2, 0.25) is 0 Å². The minimum Gasteiger partial charge on any atom is -0.465 e. The fourth-order valence-corrected chi connectivity index (χ4v) is 4.31. The van der Waals surface area contributed by atoms with Gasteiger partial charge in [0.25, 0.3) is 0 Å². The van der Waals surface area contributed by atoms with E-state index in [1.807, 2.05) is 0 Å². The molecule has 0 aliphatic carbocycles. The van der Waals surface area contributed by atoms with E-state index in [9.17, 15) is 18.0 Å². The first-order chi connectivity index (χ1) is 12.2. The van der Waals surface area contributed by atoms with E-state index in [2.05, 4.69) is 15.0 Å². The lowest BCUT2D eigenvalue weighted by molar-refractivity contribution is -0.275. The molecular formula is C15H16F3N3O4S. The van der Waals surface area contributed by atoms with Crippen LogP contribution in [0.5, 0.6) is 5.75 Å². The van der Waals surface area contributed by atoms with Gasteiger partial charge in [-0.25, -0.2) is 4.79 Å². The molecule has 2 unspecified atom stereocenters. The minimum absolute atomic E-state index is 0.121. The number of amidine groups is 1. The molecule has 0 radical (unpaired) electrons. The number of fused-ring (bicyclic) bond motifs is 1. The van der Waals surface area contributed by atoms with Gasteiger partial charge in [-0.2, -0.15) is 0 Å². The number of hydrogen-bond donors (Lipinski definition) is 3. The van der Waals surface area contributed by atoms with Crippen LogP contribution in [0.3, 0.4) is 0 Å². The Morgan fingerprint density at radius 3 is 2.96 bits per heavy atom. The van der Waals surface area contributed by atoms with Crippen LogP contribution in [-0.4, -0.2) is 41.7 Å².